The third-order valence-corrected chi connectivity index (χ3v) is 3.48. The van der Waals surface area contributed by atoms with Crippen molar-refractivity contribution in [3.63, 3.8) is 0 Å². The zero-order chi connectivity index (χ0) is 13.6. The van der Waals surface area contributed by atoms with Crippen molar-refractivity contribution in [1.82, 2.24) is 0 Å². The monoisotopic (exact) mass is 247 g/mol. The molecule has 1 aromatic rings. The molecule has 0 radical (unpaired) electrons. The largest absolute Gasteiger partial charge is 0.385 e. The van der Waals surface area contributed by atoms with Gasteiger partial charge in [-0.05, 0) is 19.4 Å². The van der Waals surface area contributed by atoms with Gasteiger partial charge < -0.3 is 10.0 Å². The summed E-state index contributed by atoms with van der Waals surface area (Å²) in [5.41, 5.74) is 0.434. The molecule has 1 heterocycles. The van der Waals surface area contributed by atoms with Gasteiger partial charge in [0.1, 0.15) is 0 Å². The molecule has 3 heteroatoms. The van der Waals surface area contributed by atoms with E-state index in [1.54, 1.807) is 4.90 Å². The van der Waals surface area contributed by atoms with Crippen LogP contribution in [0.3, 0.4) is 0 Å². The minimum atomic E-state index is -0.842. The Hall–Kier alpha value is -1.35. The van der Waals surface area contributed by atoms with Gasteiger partial charge in [0, 0.05) is 23.2 Å². The topological polar surface area (TPSA) is 40.5 Å². The van der Waals surface area contributed by atoms with E-state index in [9.17, 15) is 9.90 Å². The number of para-hydroxylation sites is 1. The molecule has 0 bridgehead atoms. The summed E-state index contributed by atoms with van der Waals surface area (Å²) in [6.45, 7) is 8.14. The molecule has 1 aromatic carbocycles. The van der Waals surface area contributed by atoms with Crippen molar-refractivity contribution in [2.75, 3.05) is 11.4 Å². The number of amides is 1. The van der Waals surface area contributed by atoms with Crippen LogP contribution < -0.4 is 4.90 Å². The third kappa shape index (κ3) is 2.15. The van der Waals surface area contributed by atoms with Gasteiger partial charge in [0.25, 0.3) is 0 Å². The summed E-state index contributed by atoms with van der Waals surface area (Å²) in [6.07, 6.45) is 0.575. The molecule has 0 saturated carbocycles. The van der Waals surface area contributed by atoms with Gasteiger partial charge in [-0.15, -0.1) is 0 Å². The fourth-order valence-electron chi connectivity index (χ4n) is 2.36. The van der Waals surface area contributed by atoms with Crippen LogP contribution in [0.1, 0.15) is 39.7 Å². The molecule has 98 valence electrons. The Kier molecular flexibility index (Phi) is 2.98. The number of aliphatic hydroxyl groups is 1. The Labute approximate surface area is 108 Å². The predicted molar refractivity (Wildman–Crippen MR) is 72.4 cm³/mol. The summed E-state index contributed by atoms with van der Waals surface area (Å²) in [5.74, 6) is 0.102. The Morgan fingerprint density at radius 3 is 2.56 bits per heavy atom. The second-order valence-electron chi connectivity index (χ2n) is 6.25. The number of anilines is 1. The van der Waals surface area contributed by atoms with Crippen molar-refractivity contribution in [3.05, 3.63) is 29.8 Å². The van der Waals surface area contributed by atoms with Gasteiger partial charge in [0.15, 0.2) is 0 Å². The summed E-state index contributed by atoms with van der Waals surface area (Å²) in [6, 6.07) is 7.62. The summed E-state index contributed by atoms with van der Waals surface area (Å²) in [4.78, 5) is 14.2. The van der Waals surface area contributed by atoms with Crippen LogP contribution in [0, 0.1) is 5.41 Å². The lowest BCUT2D eigenvalue weighted by Crippen LogP contribution is -2.46. The van der Waals surface area contributed by atoms with Gasteiger partial charge in [0.2, 0.25) is 5.91 Å². The first-order valence-electron chi connectivity index (χ1n) is 6.37. The number of carbonyl (C=O) groups is 1. The SMILES string of the molecule is CC(C)(C)C(=O)N1CCC(C)(O)c2ccccc21. The van der Waals surface area contributed by atoms with E-state index in [0.717, 1.165) is 11.3 Å². The second-order valence-corrected chi connectivity index (χ2v) is 6.25. The number of carbonyl (C=O) groups excluding carboxylic acids is 1. The molecule has 2 rings (SSSR count). The lowest BCUT2D eigenvalue weighted by molar-refractivity contribution is -0.126. The minimum Gasteiger partial charge on any atom is -0.385 e. The van der Waals surface area contributed by atoms with Crippen molar-refractivity contribution in [2.24, 2.45) is 5.41 Å². The first-order valence-corrected chi connectivity index (χ1v) is 6.37. The molecule has 1 aliphatic heterocycles. The number of hydrogen-bond donors (Lipinski definition) is 1. The second kappa shape index (κ2) is 4.09. The highest BCUT2D eigenvalue weighted by Crippen LogP contribution is 2.39. The Morgan fingerprint density at radius 2 is 1.94 bits per heavy atom. The molecular formula is C15H21NO2. The van der Waals surface area contributed by atoms with Gasteiger partial charge in [-0.2, -0.15) is 0 Å². The fourth-order valence-corrected chi connectivity index (χ4v) is 2.36. The van der Waals surface area contributed by atoms with Gasteiger partial charge in [-0.25, -0.2) is 0 Å². The van der Waals surface area contributed by atoms with Crippen LogP contribution in [0.5, 0.6) is 0 Å². The smallest absolute Gasteiger partial charge is 0.232 e. The molecule has 0 aromatic heterocycles. The molecule has 0 spiro atoms. The molecule has 1 N–H and O–H groups in total. The molecule has 1 aliphatic rings. The summed E-state index contributed by atoms with van der Waals surface area (Å²) < 4.78 is 0. The normalized spacial score (nSPS) is 23.7. The van der Waals surface area contributed by atoms with Crippen molar-refractivity contribution in [2.45, 2.75) is 39.7 Å². The van der Waals surface area contributed by atoms with Gasteiger partial charge in [0.05, 0.1) is 5.60 Å². The van der Waals surface area contributed by atoms with Crippen molar-refractivity contribution in [1.29, 1.82) is 0 Å². The molecule has 0 aliphatic carbocycles. The zero-order valence-electron chi connectivity index (χ0n) is 11.5. The molecule has 1 atom stereocenters. The zero-order valence-corrected chi connectivity index (χ0v) is 11.5. The molecule has 1 amide bonds. The van der Waals surface area contributed by atoms with Crippen molar-refractivity contribution < 1.29 is 9.90 Å². The maximum atomic E-state index is 12.4. The highest BCUT2D eigenvalue weighted by atomic mass is 16.3. The Balaban J connectivity index is 2.47. The van der Waals surface area contributed by atoms with E-state index >= 15 is 0 Å². The highest BCUT2D eigenvalue weighted by molar-refractivity contribution is 5.98. The average Bonchev–Trinajstić information content (AvgIpc) is 2.27. The van der Waals surface area contributed by atoms with Crippen LogP contribution in [0.15, 0.2) is 24.3 Å². The maximum absolute atomic E-state index is 12.4. The van der Waals surface area contributed by atoms with Crippen LogP contribution >= 0.6 is 0 Å². The van der Waals surface area contributed by atoms with Crippen LogP contribution in [-0.4, -0.2) is 17.6 Å². The molecular weight excluding hydrogens is 226 g/mol. The number of benzene rings is 1. The summed E-state index contributed by atoms with van der Waals surface area (Å²) >= 11 is 0. The number of rotatable bonds is 0. The number of fused-ring (bicyclic) bond motifs is 1. The molecule has 3 nitrogen and oxygen atoms in total. The van der Waals surface area contributed by atoms with Gasteiger partial charge >= 0.3 is 0 Å². The average molecular weight is 247 g/mol. The van der Waals surface area contributed by atoms with E-state index in [0.29, 0.717) is 13.0 Å². The summed E-state index contributed by atoms with van der Waals surface area (Å²) in [7, 11) is 0. The van der Waals surface area contributed by atoms with E-state index in [2.05, 4.69) is 0 Å². The lowest BCUT2D eigenvalue weighted by Gasteiger charge is -2.40. The van der Waals surface area contributed by atoms with Crippen LogP contribution in [0.4, 0.5) is 5.69 Å². The first kappa shape index (κ1) is 13.1. The number of hydrogen-bond acceptors (Lipinski definition) is 2. The van der Waals surface area contributed by atoms with Gasteiger partial charge in [-0.1, -0.05) is 39.0 Å². The third-order valence-electron chi connectivity index (χ3n) is 3.48. The highest BCUT2D eigenvalue weighted by Gasteiger charge is 2.38. The number of nitrogens with zero attached hydrogens (tertiary/aromatic N) is 1. The van der Waals surface area contributed by atoms with Crippen molar-refractivity contribution >= 4 is 11.6 Å². The fraction of sp³-hybridized carbons (Fsp3) is 0.533. The maximum Gasteiger partial charge on any atom is 0.232 e. The standard InChI is InChI=1S/C15H21NO2/c1-14(2,3)13(17)16-10-9-15(4,18)11-7-5-6-8-12(11)16/h5-8,18H,9-10H2,1-4H3. The molecule has 0 fully saturated rings. The molecule has 18 heavy (non-hydrogen) atoms. The minimum absolute atomic E-state index is 0.102. The van der Waals surface area contributed by atoms with E-state index in [1.807, 2.05) is 52.0 Å². The molecule has 0 saturated heterocycles. The quantitative estimate of drug-likeness (QED) is 0.765. The first-order chi connectivity index (χ1) is 8.23. The summed E-state index contributed by atoms with van der Waals surface area (Å²) in [5, 5.41) is 10.4. The van der Waals surface area contributed by atoms with Crippen LogP contribution in [0.2, 0.25) is 0 Å². The predicted octanol–water partition coefficient (Wildman–Crippen LogP) is 2.68. The van der Waals surface area contributed by atoms with E-state index in [1.165, 1.54) is 0 Å². The van der Waals surface area contributed by atoms with Crippen LogP contribution in [-0.2, 0) is 10.4 Å². The Bertz CT molecular complexity index is 472. The van der Waals surface area contributed by atoms with Crippen LogP contribution in [0.25, 0.3) is 0 Å². The van der Waals surface area contributed by atoms with E-state index in [-0.39, 0.29) is 5.91 Å². The lowest BCUT2D eigenvalue weighted by atomic mass is 9.85. The van der Waals surface area contributed by atoms with E-state index < -0.39 is 11.0 Å². The van der Waals surface area contributed by atoms with E-state index in [4.69, 9.17) is 0 Å². The van der Waals surface area contributed by atoms with Crippen molar-refractivity contribution in [3.8, 4) is 0 Å². The molecule has 1 unspecified atom stereocenters. The Morgan fingerprint density at radius 1 is 1.33 bits per heavy atom. The van der Waals surface area contributed by atoms with Gasteiger partial charge in [-0.3, -0.25) is 4.79 Å².